The third-order valence-electron chi connectivity index (χ3n) is 2.60. The van der Waals surface area contributed by atoms with Gasteiger partial charge in [0, 0.05) is 31.9 Å². The third kappa shape index (κ3) is 2.36. The van der Waals surface area contributed by atoms with Gasteiger partial charge in [-0.2, -0.15) is 0 Å². The SMILES string of the molecule is Cn1ccnc(OCC2CCNC2)c1=O. The summed E-state index contributed by atoms with van der Waals surface area (Å²) in [6.07, 6.45) is 4.29. The van der Waals surface area contributed by atoms with Gasteiger partial charge in [-0.25, -0.2) is 4.98 Å². The van der Waals surface area contributed by atoms with Crippen LogP contribution in [0.4, 0.5) is 0 Å². The molecule has 1 aromatic heterocycles. The molecule has 1 N–H and O–H groups in total. The highest BCUT2D eigenvalue weighted by Crippen LogP contribution is 2.08. The number of aryl methyl sites for hydroxylation is 1. The number of rotatable bonds is 3. The lowest BCUT2D eigenvalue weighted by Gasteiger charge is -2.09. The van der Waals surface area contributed by atoms with Gasteiger partial charge in [-0.3, -0.25) is 4.79 Å². The van der Waals surface area contributed by atoms with Gasteiger partial charge in [0.1, 0.15) is 0 Å². The van der Waals surface area contributed by atoms with Crippen LogP contribution in [-0.2, 0) is 7.05 Å². The Hall–Kier alpha value is -1.36. The average molecular weight is 209 g/mol. The number of nitrogens with one attached hydrogen (secondary N) is 1. The van der Waals surface area contributed by atoms with Gasteiger partial charge in [0.25, 0.3) is 5.88 Å². The summed E-state index contributed by atoms with van der Waals surface area (Å²) in [5, 5.41) is 3.25. The molecule has 0 radical (unpaired) electrons. The fourth-order valence-electron chi connectivity index (χ4n) is 1.63. The molecule has 82 valence electrons. The molecule has 5 heteroatoms. The van der Waals surface area contributed by atoms with Crippen LogP contribution in [0.3, 0.4) is 0 Å². The Morgan fingerprint density at radius 3 is 3.33 bits per heavy atom. The first-order valence-corrected chi connectivity index (χ1v) is 5.12. The van der Waals surface area contributed by atoms with Crippen molar-refractivity contribution in [1.29, 1.82) is 0 Å². The second-order valence-corrected chi connectivity index (χ2v) is 3.82. The van der Waals surface area contributed by atoms with Crippen LogP contribution in [0.5, 0.6) is 5.88 Å². The Morgan fingerprint density at radius 2 is 2.60 bits per heavy atom. The van der Waals surface area contributed by atoms with Crippen molar-refractivity contribution in [3.8, 4) is 5.88 Å². The third-order valence-corrected chi connectivity index (χ3v) is 2.60. The predicted octanol–water partition coefficient (Wildman–Crippen LogP) is -0.231. The molecule has 1 atom stereocenters. The Kier molecular flexibility index (Phi) is 3.01. The molecule has 0 spiro atoms. The van der Waals surface area contributed by atoms with Crippen LogP contribution in [0, 0.1) is 5.92 Å². The van der Waals surface area contributed by atoms with Crippen molar-refractivity contribution in [1.82, 2.24) is 14.9 Å². The first kappa shape index (κ1) is 10.2. The summed E-state index contributed by atoms with van der Waals surface area (Å²) in [7, 11) is 1.69. The van der Waals surface area contributed by atoms with Gasteiger partial charge >= 0.3 is 5.56 Å². The summed E-state index contributed by atoms with van der Waals surface area (Å²) in [5.41, 5.74) is -0.177. The van der Waals surface area contributed by atoms with E-state index in [-0.39, 0.29) is 11.4 Å². The minimum absolute atomic E-state index is 0.177. The van der Waals surface area contributed by atoms with Gasteiger partial charge < -0.3 is 14.6 Å². The Labute approximate surface area is 88.1 Å². The molecule has 0 amide bonds. The van der Waals surface area contributed by atoms with Crippen molar-refractivity contribution in [2.24, 2.45) is 13.0 Å². The summed E-state index contributed by atoms with van der Waals surface area (Å²) in [6.45, 7) is 2.57. The van der Waals surface area contributed by atoms with Gasteiger partial charge in [-0.05, 0) is 13.0 Å². The van der Waals surface area contributed by atoms with E-state index in [0.717, 1.165) is 19.5 Å². The molecule has 1 aromatic rings. The molecule has 1 unspecified atom stereocenters. The van der Waals surface area contributed by atoms with Gasteiger partial charge in [-0.1, -0.05) is 0 Å². The van der Waals surface area contributed by atoms with Crippen LogP contribution in [0.15, 0.2) is 17.2 Å². The molecule has 2 rings (SSSR count). The summed E-state index contributed by atoms with van der Waals surface area (Å²) < 4.78 is 6.88. The summed E-state index contributed by atoms with van der Waals surface area (Å²) >= 11 is 0. The molecule has 0 aliphatic carbocycles. The van der Waals surface area contributed by atoms with E-state index in [1.165, 1.54) is 4.57 Å². The Balaban J connectivity index is 1.98. The largest absolute Gasteiger partial charge is 0.473 e. The quantitative estimate of drug-likeness (QED) is 0.747. The highest BCUT2D eigenvalue weighted by Gasteiger charge is 2.16. The maximum Gasteiger partial charge on any atom is 0.313 e. The van der Waals surface area contributed by atoms with Crippen molar-refractivity contribution in [3.05, 3.63) is 22.7 Å². The van der Waals surface area contributed by atoms with Gasteiger partial charge in [0.15, 0.2) is 0 Å². The molecular formula is C10H15N3O2. The molecule has 15 heavy (non-hydrogen) atoms. The smallest absolute Gasteiger partial charge is 0.313 e. The van der Waals surface area contributed by atoms with Crippen LogP contribution in [-0.4, -0.2) is 29.2 Å². The van der Waals surface area contributed by atoms with Crippen LogP contribution >= 0.6 is 0 Å². The fourth-order valence-corrected chi connectivity index (χ4v) is 1.63. The lowest BCUT2D eigenvalue weighted by molar-refractivity contribution is 0.246. The van der Waals surface area contributed by atoms with E-state index in [1.807, 2.05) is 0 Å². The van der Waals surface area contributed by atoms with E-state index in [4.69, 9.17) is 4.74 Å². The van der Waals surface area contributed by atoms with E-state index < -0.39 is 0 Å². The van der Waals surface area contributed by atoms with Crippen LogP contribution in [0.2, 0.25) is 0 Å². The Bertz CT molecular complexity index is 382. The van der Waals surface area contributed by atoms with Crippen LogP contribution < -0.4 is 15.6 Å². The highest BCUT2D eigenvalue weighted by molar-refractivity contribution is 5.03. The molecule has 0 saturated carbocycles. The number of hydrogen-bond donors (Lipinski definition) is 1. The van der Waals surface area contributed by atoms with Crippen molar-refractivity contribution in [3.63, 3.8) is 0 Å². The van der Waals surface area contributed by atoms with Gasteiger partial charge in [0.05, 0.1) is 6.61 Å². The van der Waals surface area contributed by atoms with Crippen molar-refractivity contribution >= 4 is 0 Å². The van der Waals surface area contributed by atoms with E-state index >= 15 is 0 Å². The van der Waals surface area contributed by atoms with E-state index in [9.17, 15) is 4.79 Å². The summed E-state index contributed by atoms with van der Waals surface area (Å²) in [4.78, 5) is 15.5. The zero-order valence-corrected chi connectivity index (χ0v) is 8.77. The van der Waals surface area contributed by atoms with E-state index in [1.54, 1.807) is 19.4 Å². The fraction of sp³-hybridized carbons (Fsp3) is 0.600. The van der Waals surface area contributed by atoms with Crippen LogP contribution in [0.25, 0.3) is 0 Å². The molecule has 5 nitrogen and oxygen atoms in total. The molecule has 0 bridgehead atoms. The van der Waals surface area contributed by atoms with Gasteiger partial charge in [-0.15, -0.1) is 0 Å². The standard InChI is InChI=1S/C10H15N3O2/c1-13-5-4-12-9(10(13)14)15-7-8-2-3-11-6-8/h4-5,8,11H,2-3,6-7H2,1H3. The predicted molar refractivity (Wildman–Crippen MR) is 55.9 cm³/mol. The van der Waals surface area contributed by atoms with Crippen LogP contribution in [0.1, 0.15) is 6.42 Å². The minimum Gasteiger partial charge on any atom is -0.473 e. The minimum atomic E-state index is -0.177. The molecular weight excluding hydrogens is 194 g/mol. The average Bonchev–Trinajstić information content (AvgIpc) is 2.73. The number of hydrogen-bond acceptors (Lipinski definition) is 4. The summed E-state index contributed by atoms with van der Waals surface area (Å²) in [5.74, 6) is 0.698. The van der Waals surface area contributed by atoms with Crippen molar-refractivity contribution in [2.45, 2.75) is 6.42 Å². The second kappa shape index (κ2) is 4.44. The zero-order valence-electron chi connectivity index (χ0n) is 8.77. The van der Waals surface area contributed by atoms with E-state index in [0.29, 0.717) is 12.5 Å². The number of nitrogens with zero attached hydrogens (tertiary/aromatic N) is 2. The molecule has 1 fully saturated rings. The van der Waals surface area contributed by atoms with Crippen molar-refractivity contribution < 1.29 is 4.74 Å². The first-order valence-electron chi connectivity index (χ1n) is 5.12. The topological polar surface area (TPSA) is 56.1 Å². The maximum atomic E-state index is 11.5. The Morgan fingerprint density at radius 1 is 1.73 bits per heavy atom. The molecule has 1 aliphatic rings. The lowest BCUT2D eigenvalue weighted by atomic mass is 10.1. The molecule has 2 heterocycles. The second-order valence-electron chi connectivity index (χ2n) is 3.82. The number of aromatic nitrogens is 2. The van der Waals surface area contributed by atoms with E-state index in [2.05, 4.69) is 10.3 Å². The zero-order chi connectivity index (χ0) is 10.7. The molecule has 1 saturated heterocycles. The number of ether oxygens (including phenoxy) is 1. The normalized spacial score (nSPS) is 20.5. The maximum absolute atomic E-state index is 11.5. The first-order chi connectivity index (χ1) is 7.27. The molecule has 1 aliphatic heterocycles. The molecule has 0 aromatic carbocycles. The highest BCUT2D eigenvalue weighted by atomic mass is 16.5. The lowest BCUT2D eigenvalue weighted by Crippen LogP contribution is -2.23. The summed E-state index contributed by atoms with van der Waals surface area (Å²) in [6, 6.07) is 0. The van der Waals surface area contributed by atoms with Gasteiger partial charge in [0.2, 0.25) is 0 Å². The monoisotopic (exact) mass is 209 g/mol. The van der Waals surface area contributed by atoms with Crippen molar-refractivity contribution in [2.75, 3.05) is 19.7 Å².